The predicted octanol–water partition coefficient (Wildman–Crippen LogP) is 3.11. The van der Waals surface area contributed by atoms with Crippen molar-refractivity contribution in [1.82, 2.24) is 4.72 Å². The molecule has 1 fully saturated rings. The summed E-state index contributed by atoms with van der Waals surface area (Å²) in [4.78, 5) is 10.0. The lowest BCUT2D eigenvalue weighted by Gasteiger charge is -2.29. The Bertz CT molecular complexity index is 648. The molecule has 1 aromatic rings. The van der Waals surface area contributed by atoms with Crippen molar-refractivity contribution in [3.8, 4) is 0 Å². The Kier molecular flexibility index (Phi) is 4.85. The number of nitrogens with one attached hydrogen (secondary N) is 1. The van der Waals surface area contributed by atoms with Crippen LogP contribution in [-0.2, 0) is 10.0 Å². The summed E-state index contributed by atoms with van der Waals surface area (Å²) in [6, 6.07) is 3.39. The molecule has 6 nitrogen and oxygen atoms in total. The molecule has 0 bridgehead atoms. The number of nitrogens with zero attached hydrogens (tertiary/aromatic N) is 1. The maximum absolute atomic E-state index is 12.4. The molecule has 21 heavy (non-hydrogen) atoms. The topological polar surface area (TPSA) is 89.3 Å². The van der Waals surface area contributed by atoms with E-state index in [-0.39, 0.29) is 21.9 Å². The lowest BCUT2D eigenvalue weighted by Crippen LogP contribution is -2.40. The molecule has 0 spiro atoms. The number of benzene rings is 1. The highest BCUT2D eigenvalue weighted by molar-refractivity contribution is 7.89. The molecule has 116 valence electrons. The number of nitro groups is 1. The van der Waals surface area contributed by atoms with Crippen LogP contribution >= 0.6 is 11.6 Å². The second kappa shape index (κ2) is 6.29. The third-order valence-corrected chi connectivity index (χ3v) is 5.65. The monoisotopic (exact) mass is 332 g/mol. The Hall–Kier alpha value is -1.18. The first kappa shape index (κ1) is 16.2. The van der Waals surface area contributed by atoms with Crippen LogP contribution in [0.3, 0.4) is 0 Å². The van der Waals surface area contributed by atoms with E-state index >= 15 is 0 Å². The zero-order valence-corrected chi connectivity index (χ0v) is 13.2. The SMILES string of the molecule is CC1CCCCC1NS(=O)(=O)c1ccc(Cl)c([N+](=O)[O-])c1. The summed E-state index contributed by atoms with van der Waals surface area (Å²) in [5, 5.41) is 10.8. The molecule has 0 aromatic heterocycles. The molecule has 0 aliphatic heterocycles. The van der Waals surface area contributed by atoms with Crippen LogP contribution in [0.15, 0.2) is 23.1 Å². The van der Waals surface area contributed by atoms with Gasteiger partial charge in [-0.05, 0) is 30.9 Å². The first-order chi connectivity index (χ1) is 9.81. The molecule has 1 aromatic carbocycles. The number of hydrogen-bond donors (Lipinski definition) is 1. The summed E-state index contributed by atoms with van der Waals surface area (Å²) in [5.41, 5.74) is -0.406. The summed E-state index contributed by atoms with van der Waals surface area (Å²) < 4.78 is 27.4. The van der Waals surface area contributed by atoms with Crippen molar-refractivity contribution in [2.45, 2.75) is 43.5 Å². The zero-order valence-electron chi connectivity index (χ0n) is 11.6. The minimum Gasteiger partial charge on any atom is -0.258 e. The number of nitro benzene ring substituents is 1. The Morgan fingerprint density at radius 3 is 2.62 bits per heavy atom. The number of rotatable bonds is 4. The summed E-state index contributed by atoms with van der Waals surface area (Å²) >= 11 is 5.70. The standard InChI is InChI=1S/C13H17ClN2O4S/c1-9-4-2-3-5-12(9)15-21(19,20)10-6-7-11(14)13(8-10)16(17)18/h6-9,12,15H,2-5H2,1H3. The fraction of sp³-hybridized carbons (Fsp3) is 0.538. The summed E-state index contributed by atoms with van der Waals surface area (Å²) in [6.07, 6.45) is 3.86. The van der Waals surface area contributed by atoms with E-state index in [0.717, 1.165) is 31.7 Å². The van der Waals surface area contributed by atoms with Crippen LogP contribution in [0, 0.1) is 16.0 Å². The van der Waals surface area contributed by atoms with Crippen LogP contribution in [0.1, 0.15) is 32.6 Å². The van der Waals surface area contributed by atoms with Gasteiger partial charge in [-0.2, -0.15) is 0 Å². The van der Waals surface area contributed by atoms with Gasteiger partial charge in [-0.1, -0.05) is 31.4 Å². The Balaban J connectivity index is 2.27. The third kappa shape index (κ3) is 3.72. The molecule has 8 heteroatoms. The minimum absolute atomic E-state index is 0.0787. The molecule has 1 aliphatic rings. The molecule has 0 saturated heterocycles. The molecule has 2 atom stereocenters. The van der Waals surface area contributed by atoms with Crippen LogP contribution in [0.2, 0.25) is 5.02 Å². The summed E-state index contributed by atoms with van der Waals surface area (Å²) in [6.45, 7) is 2.01. The van der Waals surface area contributed by atoms with Crippen molar-refractivity contribution in [3.05, 3.63) is 33.3 Å². The fourth-order valence-corrected chi connectivity index (χ4v) is 4.14. The third-order valence-electron chi connectivity index (χ3n) is 3.84. The highest BCUT2D eigenvalue weighted by Crippen LogP contribution is 2.29. The molecule has 1 aliphatic carbocycles. The molecule has 2 rings (SSSR count). The lowest BCUT2D eigenvalue weighted by atomic mass is 9.87. The molecular formula is C13H17ClN2O4S. The second-order valence-corrected chi connectivity index (χ2v) is 7.48. The molecular weight excluding hydrogens is 316 g/mol. The summed E-state index contributed by atoms with van der Waals surface area (Å²) in [5.74, 6) is 0.260. The second-order valence-electron chi connectivity index (χ2n) is 5.36. The van der Waals surface area contributed by atoms with Gasteiger partial charge in [-0.3, -0.25) is 10.1 Å². The number of halogens is 1. The van der Waals surface area contributed by atoms with Crippen molar-refractivity contribution in [2.75, 3.05) is 0 Å². The van der Waals surface area contributed by atoms with Gasteiger partial charge in [0.15, 0.2) is 0 Å². The van der Waals surface area contributed by atoms with Crippen LogP contribution < -0.4 is 4.72 Å². The van der Waals surface area contributed by atoms with E-state index in [1.807, 2.05) is 6.92 Å². The van der Waals surface area contributed by atoms with Crippen LogP contribution in [0.4, 0.5) is 5.69 Å². The van der Waals surface area contributed by atoms with E-state index < -0.39 is 20.6 Å². The maximum Gasteiger partial charge on any atom is 0.289 e. The molecule has 2 unspecified atom stereocenters. The molecule has 0 radical (unpaired) electrons. The zero-order chi connectivity index (χ0) is 15.6. The van der Waals surface area contributed by atoms with E-state index in [9.17, 15) is 18.5 Å². The Labute approximate surface area is 128 Å². The van der Waals surface area contributed by atoms with Crippen molar-refractivity contribution >= 4 is 27.3 Å². The van der Waals surface area contributed by atoms with E-state index in [2.05, 4.69) is 4.72 Å². The first-order valence-electron chi connectivity index (χ1n) is 6.77. The highest BCUT2D eigenvalue weighted by atomic mass is 35.5. The van der Waals surface area contributed by atoms with E-state index in [0.29, 0.717) is 0 Å². The number of sulfonamides is 1. The van der Waals surface area contributed by atoms with Gasteiger partial charge in [0.1, 0.15) is 5.02 Å². The van der Waals surface area contributed by atoms with Crippen molar-refractivity contribution in [3.63, 3.8) is 0 Å². The van der Waals surface area contributed by atoms with Crippen molar-refractivity contribution < 1.29 is 13.3 Å². The van der Waals surface area contributed by atoms with Gasteiger partial charge in [0.2, 0.25) is 10.0 Å². The highest BCUT2D eigenvalue weighted by Gasteiger charge is 2.28. The predicted molar refractivity (Wildman–Crippen MR) is 79.8 cm³/mol. The molecule has 1 N–H and O–H groups in total. The van der Waals surface area contributed by atoms with Gasteiger partial charge in [-0.25, -0.2) is 13.1 Å². The van der Waals surface area contributed by atoms with Gasteiger partial charge >= 0.3 is 0 Å². The molecule has 0 amide bonds. The average Bonchev–Trinajstić information content (AvgIpc) is 2.41. The van der Waals surface area contributed by atoms with Gasteiger partial charge in [0, 0.05) is 12.1 Å². The van der Waals surface area contributed by atoms with E-state index in [1.54, 1.807) is 0 Å². The molecule has 0 heterocycles. The lowest BCUT2D eigenvalue weighted by molar-refractivity contribution is -0.384. The number of hydrogen-bond acceptors (Lipinski definition) is 4. The van der Waals surface area contributed by atoms with Gasteiger partial charge in [0.25, 0.3) is 5.69 Å². The van der Waals surface area contributed by atoms with Gasteiger partial charge in [0.05, 0.1) is 9.82 Å². The van der Waals surface area contributed by atoms with Gasteiger partial charge in [-0.15, -0.1) is 0 Å². The fourth-order valence-electron chi connectivity index (χ4n) is 2.56. The Morgan fingerprint density at radius 2 is 2.00 bits per heavy atom. The maximum atomic E-state index is 12.4. The average molecular weight is 333 g/mol. The van der Waals surface area contributed by atoms with E-state index in [4.69, 9.17) is 11.6 Å². The largest absolute Gasteiger partial charge is 0.289 e. The van der Waals surface area contributed by atoms with Crippen LogP contribution in [0.25, 0.3) is 0 Å². The summed E-state index contributed by atoms with van der Waals surface area (Å²) in [7, 11) is -3.78. The normalized spacial score (nSPS) is 23.0. The smallest absolute Gasteiger partial charge is 0.258 e. The van der Waals surface area contributed by atoms with Gasteiger partial charge < -0.3 is 0 Å². The van der Waals surface area contributed by atoms with E-state index in [1.165, 1.54) is 12.1 Å². The minimum atomic E-state index is -3.78. The van der Waals surface area contributed by atoms with Crippen molar-refractivity contribution in [2.24, 2.45) is 5.92 Å². The first-order valence-corrected chi connectivity index (χ1v) is 8.63. The van der Waals surface area contributed by atoms with Crippen LogP contribution in [0.5, 0.6) is 0 Å². The quantitative estimate of drug-likeness (QED) is 0.677. The van der Waals surface area contributed by atoms with Crippen molar-refractivity contribution in [1.29, 1.82) is 0 Å². The Morgan fingerprint density at radius 1 is 1.33 bits per heavy atom. The molecule has 1 saturated carbocycles. The van der Waals surface area contributed by atoms with Crippen LogP contribution in [-0.4, -0.2) is 19.4 Å².